The molecule has 5 nitrogen and oxygen atoms in total. The Labute approximate surface area is 74.4 Å². The van der Waals surface area contributed by atoms with E-state index in [0.717, 1.165) is 5.69 Å². The van der Waals surface area contributed by atoms with Gasteiger partial charge >= 0.3 is 0 Å². The highest BCUT2D eigenvalue weighted by molar-refractivity contribution is 5.39. The van der Waals surface area contributed by atoms with Crippen LogP contribution in [0.25, 0.3) is 5.69 Å². The molecule has 0 aliphatic rings. The van der Waals surface area contributed by atoms with E-state index >= 15 is 0 Å². The van der Waals surface area contributed by atoms with Crippen LogP contribution in [0.2, 0.25) is 0 Å². The van der Waals surface area contributed by atoms with Crippen LogP contribution < -0.4 is 5.73 Å². The first kappa shape index (κ1) is 7.60. The first-order valence-electron chi connectivity index (χ1n) is 3.73. The Morgan fingerprint density at radius 2 is 2.23 bits per heavy atom. The van der Waals surface area contributed by atoms with E-state index in [1.54, 1.807) is 30.5 Å². The molecule has 0 fully saturated rings. The number of aromatic hydroxyl groups is 1. The molecule has 0 spiro atoms. The van der Waals surface area contributed by atoms with Crippen molar-refractivity contribution in [2.45, 2.75) is 0 Å². The molecule has 66 valence electrons. The number of nitrogens with zero attached hydrogens (tertiary/aromatic N) is 3. The third-order valence-electron chi connectivity index (χ3n) is 1.61. The van der Waals surface area contributed by atoms with Crippen LogP contribution in [-0.4, -0.2) is 20.1 Å². The van der Waals surface area contributed by atoms with Gasteiger partial charge in [-0.25, -0.2) is 4.68 Å². The Bertz CT molecular complexity index is 424. The normalized spacial score (nSPS) is 10.2. The van der Waals surface area contributed by atoms with Crippen molar-refractivity contribution in [3.8, 4) is 11.4 Å². The number of nitrogen functional groups attached to an aromatic ring is 1. The van der Waals surface area contributed by atoms with E-state index < -0.39 is 0 Å². The molecule has 1 heterocycles. The van der Waals surface area contributed by atoms with Gasteiger partial charge in [0.15, 0.2) is 5.82 Å². The second-order valence-corrected chi connectivity index (χ2v) is 2.61. The van der Waals surface area contributed by atoms with Crippen molar-refractivity contribution in [2.24, 2.45) is 0 Å². The number of phenolic OH excluding ortho intramolecular Hbond substituents is 1. The van der Waals surface area contributed by atoms with Crippen molar-refractivity contribution in [2.75, 3.05) is 5.73 Å². The third kappa shape index (κ3) is 1.44. The van der Waals surface area contributed by atoms with Gasteiger partial charge in [0.1, 0.15) is 5.75 Å². The van der Waals surface area contributed by atoms with Gasteiger partial charge in [0.05, 0.1) is 11.9 Å². The molecule has 0 saturated carbocycles. The van der Waals surface area contributed by atoms with Crippen molar-refractivity contribution < 1.29 is 5.11 Å². The molecule has 1 aromatic heterocycles. The predicted octanol–water partition coefficient (Wildman–Crippen LogP) is 0.555. The fraction of sp³-hybridized carbons (Fsp3) is 0. The van der Waals surface area contributed by atoms with Crippen LogP contribution in [0.4, 0.5) is 5.82 Å². The smallest absolute Gasteiger partial charge is 0.166 e. The first-order chi connectivity index (χ1) is 6.25. The highest BCUT2D eigenvalue weighted by Gasteiger charge is 1.99. The molecule has 0 saturated heterocycles. The monoisotopic (exact) mass is 176 g/mol. The largest absolute Gasteiger partial charge is 0.508 e. The summed E-state index contributed by atoms with van der Waals surface area (Å²) >= 11 is 0. The van der Waals surface area contributed by atoms with E-state index in [9.17, 15) is 5.11 Å². The molecule has 0 amide bonds. The average molecular weight is 176 g/mol. The number of hydrogen-bond acceptors (Lipinski definition) is 4. The highest BCUT2D eigenvalue weighted by atomic mass is 16.3. The number of benzene rings is 1. The molecule has 3 N–H and O–H groups in total. The Morgan fingerprint density at radius 3 is 2.85 bits per heavy atom. The van der Waals surface area contributed by atoms with Crippen molar-refractivity contribution in [1.82, 2.24) is 15.0 Å². The lowest BCUT2D eigenvalue weighted by molar-refractivity contribution is 0.474. The lowest BCUT2D eigenvalue weighted by Crippen LogP contribution is -1.93. The molecule has 13 heavy (non-hydrogen) atoms. The van der Waals surface area contributed by atoms with Crippen LogP contribution in [0.5, 0.6) is 5.75 Å². The topological polar surface area (TPSA) is 77.0 Å². The maximum Gasteiger partial charge on any atom is 0.166 e. The number of aromatic nitrogens is 3. The van der Waals surface area contributed by atoms with Gasteiger partial charge in [0, 0.05) is 6.07 Å². The zero-order chi connectivity index (χ0) is 9.26. The quantitative estimate of drug-likeness (QED) is 0.665. The van der Waals surface area contributed by atoms with Gasteiger partial charge in [0.25, 0.3) is 0 Å². The van der Waals surface area contributed by atoms with E-state index in [1.165, 1.54) is 4.68 Å². The van der Waals surface area contributed by atoms with Gasteiger partial charge in [0.2, 0.25) is 0 Å². The Hall–Kier alpha value is -2.04. The van der Waals surface area contributed by atoms with Crippen molar-refractivity contribution in [3.63, 3.8) is 0 Å². The zero-order valence-corrected chi connectivity index (χ0v) is 6.75. The van der Waals surface area contributed by atoms with E-state index in [2.05, 4.69) is 10.3 Å². The lowest BCUT2D eigenvalue weighted by atomic mass is 10.3. The molecule has 1 aromatic carbocycles. The van der Waals surface area contributed by atoms with E-state index in [4.69, 9.17) is 5.73 Å². The maximum atomic E-state index is 9.19. The number of hydrogen-bond donors (Lipinski definition) is 2. The molecule has 0 unspecified atom stereocenters. The van der Waals surface area contributed by atoms with Crippen molar-refractivity contribution >= 4 is 5.82 Å². The summed E-state index contributed by atoms with van der Waals surface area (Å²) in [5, 5.41) is 16.6. The summed E-state index contributed by atoms with van der Waals surface area (Å²) in [7, 11) is 0. The van der Waals surface area contributed by atoms with Crippen LogP contribution in [-0.2, 0) is 0 Å². The Balaban J connectivity index is 2.46. The molecular weight excluding hydrogens is 168 g/mol. The van der Waals surface area contributed by atoms with Gasteiger partial charge in [-0.3, -0.25) is 0 Å². The number of anilines is 1. The van der Waals surface area contributed by atoms with Crippen LogP contribution in [0, 0.1) is 0 Å². The molecule has 0 aliphatic carbocycles. The molecule has 2 aromatic rings. The van der Waals surface area contributed by atoms with E-state index in [1.807, 2.05) is 0 Å². The minimum absolute atomic E-state index is 0.187. The van der Waals surface area contributed by atoms with Gasteiger partial charge in [-0.2, -0.15) is 0 Å². The van der Waals surface area contributed by atoms with Gasteiger partial charge in [-0.15, -0.1) is 5.10 Å². The highest BCUT2D eigenvalue weighted by Crippen LogP contribution is 2.14. The summed E-state index contributed by atoms with van der Waals surface area (Å²) in [6.45, 7) is 0. The number of rotatable bonds is 1. The van der Waals surface area contributed by atoms with E-state index in [-0.39, 0.29) is 5.75 Å². The van der Waals surface area contributed by atoms with Crippen LogP contribution in [0.1, 0.15) is 0 Å². The first-order valence-corrected chi connectivity index (χ1v) is 3.73. The van der Waals surface area contributed by atoms with Crippen LogP contribution in [0.15, 0.2) is 30.5 Å². The minimum Gasteiger partial charge on any atom is -0.508 e. The molecule has 2 rings (SSSR count). The summed E-state index contributed by atoms with van der Waals surface area (Å²) in [6, 6.07) is 6.69. The molecule has 0 bridgehead atoms. The molecular formula is C8H8N4O. The second-order valence-electron chi connectivity index (χ2n) is 2.61. The summed E-state index contributed by atoms with van der Waals surface area (Å²) < 4.78 is 1.50. The summed E-state index contributed by atoms with van der Waals surface area (Å²) in [5.74, 6) is 0.537. The van der Waals surface area contributed by atoms with Gasteiger partial charge < -0.3 is 10.8 Å². The van der Waals surface area contributed by atoms with Gasteiger partial charge in [-0.05, 0) is 12.1 Å². The summed E-state index contributed by atoms with van der Waals surface area (Å²) in [4.78, 5) is 0. The molecule has 0 atom stereocenters. The van der Waals surface area contributed by atoms with Crippen LogP contribution in [0.3, 0.4) is 0 Å². The SMILES string of the molecule is Nc1cn(-c2cccc(O)c2)nn1. The fourth-order valence-electron chi connectivity index (χ4n) is 1.04. The van der Waals surface area contributed by atoms with E-state index in [0.29, 0.717) is 5.82 Å². The second kappa shape index (κ2) is 2.78. The van der Waals surface area contributed by atoms with Crippen LogP contribution >= 0.6 is 0 Å². The van der Waals surface area contributed by atoms with Gasteiger partial charge in [-0.1, -0.05) is 11.3 Å². The average Bonchev–Trinajstić information content (AvgIpc) is 2.52. The lowest BCUT2D eigenvalue weighted by Gasteiger charge is -1.98. The maximum absolute atomic E-state index is 9.19. The van der Waals surface area contributed by atoms with Crippen molar-refractivity contribution in [3.05, 3.63) is 30.5 Å². The van der Waals surface area contributed by atoms with Crippen molar-refractivity contribution in [1.29, 1.82) is 0 Å². The number of nitrogens with two attached hydrogens (primary N) is 1. The fourth-order valence-corrected chi connectivity index (χ4v) is 1.04. The predicted molar refractivity (Wildman–Crippen MR) is 47.4 cm³/mol. The molecule has 0 radical (unpaired) electrons. The number of phenols is 1. The molecule has 5 heteroatoms. The third-order valence-corrected chi connectivity index (χ3v) is 1.61. The summed E-state index contributed by atoms with van der Waals surface area (Å²) in [5.41, 5.74) is 6.12. The zero-order valence-electron chi connectivity index (χ0n) is 6.75. The standard InChI is InChI=1S/C8H8N4O/c9-8-5-12(11-10-8)6-2-1-3-7(13)4-6/h1-5,13H,9H2. The molecule has 0 aliphatic heterocycles. The summed E-state index contributed by atoms with van der Waals surface area (Å²) in [6.07, 6.45) is 1.58. The Kier molecular flexibility index (Phi) is 1.63. The Morgan fingerprint density at radius 1 is 1.38 bits per heavy atom. The minimum atomic E-state index is 0.187.